The maximum Gasteiger partial charge on any atom is 0.301 e. The van der Waals surface area contributed by atoms with E-state index in [1.165, 1.54) is 35.6 Å². The van der Waals surface area contributed by atoms with E-state index in [1.807, 2.05) is 0 Å². The van der Waals surface area contributed by atoms with Gasteiger partial charge < -0.3 is 0 Å². The van der Waals surface area contributed by atoms with Crippen LogP contribution in [-0.2, 0) is 0 Å². The highest BCUT2D eigenvalue weighted by atomic mass is 32.1. The number of nitro groups is 1. The number of nitrogens with zero attached hydrogens (tertiary/aromatic N) is 5. The number of para-hydroxylation sites is 2. The number of carbonyl (C=O) groups is 2. The third-order valence-corrected chi connectivity index (χ3v) is 6.17. The summed E-state index contributed by atoms with van der Waals surface area (Å²) in [6, 6.07) is 8.93. The van der Waals surface area contributed by atoms with Gasteiger partial charge in [-0.25, -0.2) is 4.90 Å². The van der Waals surface area contributed by atoms with Crippen LogP contribution in [0.3, 0.4) is 0 Å². The molecule has 0 aliphatic carbocycles. The summed E-state index contributed by atoms with van der Waals surface area (Å²) in [6.45, 7) is 0. The number of hydrogen-bond acceptors (Lipinski definition) is 9. The van der Waals surface area contributed by atoms with Crippen LogP contribution in [0.1, 0.15) is 20.2 Å². The smallest absolute Gasteiger partial charge is 0.267 e. The minimum absolute atomic E-state index is 0.0240. The monoisotopic (exact) mass is 425 g/mol. The summed E-state index contributed by atoms with van der Waals surface area (Å²) in [4.78, 5) is 54.3. The number of nitro benzene ring substituents is 1. The maximum absolute atomic E-state index is 13.1. The van der Waals surface area contributed by atoms with Gasteiger partial charge in [0.05, 0.1) is 9.80 Å². The molecule has 0 spiro atoms. The highest BCUT2D eigenvalue weighted by Gasteiger charge is 2.44. The molecule has 142 valence electrons. The number of rotatable bonds is 3. The Hall–Kier alpha value is -3.77. The van der Waals surface area contributed by atoms with Crippen LogP contribution in [0.2, 0.25) is 0 Å². The quantitative estimate of drug-likeness (QED) is 0.280. The van der Waals surface area contributed by atoms with Gasteiger partial charge in [0.1, 0.15) is 10.6 Å². The molecule has 0 radical (unpaired) electrons. The van der Waals surface area contributed by atoms with Crippen LogP contribution in [0.5, 0.6) is 0 Å². The number of aromatic nitrogens is 3. The van der Waals surface area contributed by atoms with Crippen molar-refractivity contribution in [2.75, 3.05) is 4.90 Å². The van der Waals surface area contributed by atoms with Gasteiger partial charge in [-0.2, -0.15) is 14.6 Å². The Balaban J connectivity index is 1.71. The Morgan fingerprint density at radius 3 is 2.55 bits per heavy atom. The summed E-state index contributed by atoms with van der Waals surface area (Å²) < 4.78 is 1.16. The highest BCUT2D eigenvalue weighted by molar-refractivity contribution is 7.19. The lowest BCUT2D eigenvalue weighted by Crippen LogP contribution is -2.31. The maximum atomic E-state index is 13.1. The molecule has 1 aromatic carbocycles. The number of imide groups is 1. The Morgan fingerprint density at radius 1 is 1.03 bits per heavy atom. The summed E-state index contributed by atoms with van der Waals surface area (Å²) in [5.74, 6) is -1.48. The Bertz CT molecular complexity index is 1410. The van der Waals surface area contributed by atoms with Gasteiger partial charge in [-0.1, -0.05) is 29.5 Å². The van der Waals surface area contributed by atoms with E-state index in [4.69, 9.17) is 0 Å². The van der Waals surface area contributed by atoms with Crippen molar-refractivity contribution in [3.63, 3.8) is 0 Å². The Kier molecular flexibility index (Phi) is 3.66. The molecule has 3 aromatic heterocycles. The summed E-state index contributed by atoms with van der Waals surface area (Å²) in [6.07, 6.45) is 0. The second kappa shape index (κ2) is 6.12. The van der Waals surface area contributed by atoms with Crippen molar-refractivity contribution in [1.82, 2.24) is 14.6 Å². The lowest BCUT2D eigenvalue weighted by Gasteiger charge is -2.13. The standard InChI is InChI=1S/C17H7N5O5S2/c23-14-11(10-6-3-7-28-10)19-21-12-13(29-17(21)18-14)16(25)20(15(12)24)8-4-1-2-5-9(8)22(26)27/h1-7H. The molecule has 10 nitrogen and oxygen atoms in total. The Morgan fingerprint density at radius 2 is 1.83 bits per heavy atom. The van der Waals surface area contributed by atoms with E-state index >= 15 is 0 Å². The summed E-state index contributed by atoms with van der Waals surface area (Å²) in [5, 5.41) is 17.3. The van der Waals surface area contributed by atoms with E-state index < -0.39 is 22.3 Å². The number of anilines is 1. The summed E-state index contributed by atoms with van der Waals surface area (Å²) in [5.41, 5.74) is -1.08. The van der Waals surface area contributed by atoms with Gasteiger partial charge >= 0.3 is 5.56 Å². The lowest BCUT2D eigenvalue weighted by atomic mass is 10.2. The molecule has 0 atom stereocenters. The molecule has 4 heterocycles. The molecule has 0 saturated heterocycles. The second-order valence-corrected chi connectivity index (χ2v) is 7.83. The number of carbonyl (C=O) groups excluding carboxylic acids is 2. The zero-order valence-corrected chi connectivity index (χ0v) is 15.8. The van der Waals surface area contributed by atoms with Crippen LogP contribution in [0.25, 0.3) is 15.5 Å². The number of thiazole rings is 1. The first-order valence-corrected chi connectivity index (χ1v) is 9.77. The minimum Gasteiger partial charge on any atom is -0.267 e. The van der Waals surface area contributed by atoms with E-state index in [2.05, 4.69) is 10.1 Å². The highest BCUT2D eigenvalue weighted by Crippen LogP contribution is 2.37. The summed E-state index contributed by atoms with van der Waals surface area (Å²) >= 11 is 2.13. The lowest BCUT2D eigenvalue weighted by molar-refractivity contribution is -0.384. The molecular formula is C17H7N5O5S2. The molecule has 4 aromatic rings. The van der Waals surface area contributed by atoms with Crippen LogP contribution in [0.4, 0.5) is 11.4 Å². The second-order valence-electron chi connectivity index (χ2n) is 5.91. The van der Waals surface area contributed by atoms with Crippen molar-refractivity contribution in [3.8, 4) is 10.6 Å². The number of hydrogen-bond donors (Lipinski definition) is 0. The van der Waals surface area contributed by atoms with Gasteiger partial charge in [-0.05, 0) is 17.5 Å². The molecule has 0 bridgehead atoms. The molecule has 29 heavy (non-hydrogen) atoms. The molecule has 0 saturated carbocycles. The van der Waals surface area contributed by atoms with Gasteiger partial charge in [0.15, 0.2) is 11.4 Å². The van der Waals surface area contributed by atoms with Gasteiger partial charge in [0, 0.05) is 6.07 Å². The average Bonchev–Trinajstić information content (AvgIpc) is 3.39. The predicted molar refractivity (Wildman–Crippen MR) is 105 cm³/mol. The fourth-order valence-corrected chi connectivity index (χ4v) is 4.73. The van der Waals surface area contributed by atoms with Crippen molar-refractivity contribution in [2.24, 2.45) is 0 Å². The number of amides is 2. The molecule has 12 heteroatoms. The van der Waals surface area contributed by atoms with Crippen LogP contribution < -0.4 is 10.5 Å². The third kappa shape index (κ3) is 2.43. The van der Waals surface area contributed by atoms with Crippen molar-refractivity contribution in [2.45, 2.75) is 0 Å². The zero-order valence-electron chi connectivity index (χ0n) is 14.1. The molecular weight excluding hydrogens is 418 g/mol. The van der Waals surface area contributed by atoms with E-state index in [0.717, 1.165) is 20.8 Å². The molecule has 0 unspecified atom stereocenters. The number of benzene rings is 1. The largest absolute Gasteiger partial charge is 0.301 e. The van der Waals surface area contributed by atoms with Crippen molar-refractivity contribution in [3.05, 3.63) is 72.8 Å². The van der Waals surface area contributed by atoms with E-state index in [0.29, 0.717) is 4.88 Å². The van der Waals surface area contributed by atoms with Gasteiger partial charge in [-0.15, -0.1) is 11.3 Å². The van der Waals surface area contributed by atoms with Crippen molar-refractivity contribution in [1.29, 1.82) is 0 Å². The van der Waals surface area contributed by atoms with Crippen LogP contribution >= 0.6 is 22.7 Å². The molecule has 0 N–H and O–H groups in total. The summed E-state index contributed by atoms with van der Waals surface area (Å²) in [7, 11) is 0. The van der Waals surface area contributed by atoms with Crippen molar-refractivity contribution >= 4 is 50.8 Å². The third-order valence-electron chi connectivity index (χ3n) is 4.28. The van der Waals surface area contributed by atoms with Crippen LogP contribution in [0.15, 0.2) is 46.6 Å². The van der Waals surface area contributed by atoms with Crippen LogP contribution in [0, 0.1) is 10.1 Å². The number of fused-ring (bicyclic) bond motifs is 3. The Labute approximate surface area is 168 Å². The fourth-order valence-electron chi connectivity index (χ4n) is 3.05. The normalized spacial score (nSPS) is 13.3. The predicted octanol–water partition coefficient (Wildman–Crippen LogP) is 2.59. The van der Waals surface area contributed by atoms with Gasteiger partial charge in [0.25, 0.3) is 17.5 Å². The molecule has 0 fully saturated rings. The van der Waals surface area contributed by atoms with E-state index in [1.54, 1.807) is 17.5 Å². The topological polar surface area (TPSA) is 128 Å². The molecule has 1 aliphatic heterocycles. The number of thiophene rings is 1. The first-order valence-electron chi connectivity index (χ1n) is 8.07. The van der Waals surface area contributed by atoms with Gasteiger partial charge in [0.2, 0.25) is 4.96 Å². The molecule has 1 aliphatic rings. The van der Waals surface area contributed by atoms with Crippen molar-refractivity contribution < 1.29 is 14.5 Å². The SMILES string of the molecule is O=C1c2sc3nc(=O)c(-c4cccs4)nn3c2C(=O)N1c1ccccc1[N+](=O)[O-]. The fraction of sp³-hybridized carbons (Fsp3) is 0. The van der Waals surface area contributed by atoms with Crippen LogP contribution in [-0.4, -0.2) is 31.3 Å². The molecule has 5 rings (SSSR count). The van der Waals surface area contributed by atoms with Gasteiger partial charge in [-0.3, -0.25) is 24.5 Å². The first-order chi connectivity index (χ1) is 14.0. The first kappa shape index (κ1) is 17.3. The van der Waals surface area contributed by atoms with E-state index in [-0.39, 0.29) is 32.6 Å². The van der Waals surface area contributed by atoms with E-state index in [9.17, 15) is 24.5 Å². The zero-order chi connectivity index (χ0) is 20.3. The molecule has 2 amide bonds. The average molecular weight is 425 g/mol. The minimum atomic E-state index is -0.763.